The first kappa shape index (κ1) is 14.5. The van der Waals surface area contributed by atoms with Crippen LogP contribution in [-0.2, 0) is 0 Å². The highest BCUT2D eigenvalue weighted by Gasteiger charge is 2.20. The van der Waals surface area contributed by atoms with Crippen molar-refractivity contribution in [3.05, 3.63) is 25.3 Å². The number of allylic oxidation sites excluding steroid dienone is 2. The van der Waals surface area contributed by atoms with E-state index in [0.29, 0.717) is 0 Å². The van der Waals surface area contributed by atoms with Gasteiger partial charge in [0.05, 0.1) is 0 Å². The van der Waals surface area contributed by atoms with E-state index < -0.39 is 0 Å². The van der Waals surface area contributed by atoms with Crippen LogP contribution in [0.4, 0.5) is 0 Å². The zero-order chi connectivity index (χ0) is 11.6. The Balaban J connectivity index is 3.85. The summed E-state index contributed by atoms with van der Waals surface area (Å²) < 4.78 is 0. The Kier molecular flexibility index (Phi) is 8.46. The minimum atomic E-state index is 0.209. The van der Waals surface area contributed by atoms with Gasteiger partial charge >= 0.3 is 0 Å². The molecule has 15 heavy (non-hydrogen) atoms. The molecule has 0 aliphatic heterocycles. The van der Waals surface area contributed by atoms with Crippen LogP contribution in [0.3, 0.4) is 0 Å². The van der Waals surface area contributed by atoms with Gasteiger partial charge in [0.15, 0.2) is 0 Å². The first-order valence-corrected chi connectivity index (χ1v) is 6.52. The van der Waals surface area contributed by atoms with Crippen molar-refractivity contribution in [2.24, 2.45) is 5.41 Å². The van der Waals surface area contributed by atoms with E-state index in [4.69, 9.17) is 0 Å². The Bertz CT molecular complexity index is 159. The first-order chi connectivity index (χ1) is 7.24. The molecule has 0 rings (SSSR count). The van der Waals surface area contributed by atoms with Crippen molar-refractivity contribution in [2.45, 2.75) is 65.2 Å². The lowest BCUT2D eigenvalue weighted by Gasteiger charge is -2.26. The zero-order valence-corrected chi connectivity index (χ0v) is 10.7. The van der Waals surface area contributed by atoms with Crippen molar-refractivity contribution in [2.75, 3.05) is 0 Å². The summed E-state index contributed by atoms with van der Waals surface area (Å²) >= 11 is 0. The third-order valence-corrected chi connectivity index (χ3v) is 3.27. The van der Waals surface area contributed by atoms with E-state index in [1.54, 1.807) is 0 Å². The molecule has 0 heteroatoms. The molecule has 0 bridgehead atoms. The summed E-state index contributed by atoms with van der Waals surface area (Å²) in [5.41, 5.74) is 0.209. The minimum Gasteiger partial charge on any atom is -0.102 e. The summed E-state index contributed by atoms with van der Waals surface area (Å²) in [7, 11) is 0. The quantitative estimate of drug-likeness (QED) is 0.328. The average Bonchev–Trinajstić information content (AvgIpc) is 2.27. The van der Waals surface area contributed by atoms with E-state index in [1.807, 2.05) is 0 Å². The van der Waals surface area contributed by atoms with Crippen molar-refractivity contribution >= 4 is 0 Å². The topological polar surface area (TPSA) is 0 Å². The summed E-state index contributed by atoms with van der Waals surface area (Å²) in [5.74, 6) is 0. The minimum absolute atomic E-state index is 0.209. The fourth-order valence-corrected chi connectivity index (χ4v) is 2.14. The molecule has 0 amide bonds. The molecule has 0 aromatic heterocycles. The van der Waals surface area contributed by atoms with E-state index in [1.165, 1.54) is 51.4 Å². The van der Waals surface area contributed by atoms with Crippen molar-refractivity contribution in [3.8, 4) is 0 Å². The smallest absolute Gasteiger partial charge is 0.00555 e. The van der Waals surface area contributed by atoms with Gasteiger partial charge in [0.25, 0.3) is 0 Å². The van der Waals surface area contributed by atoms with Crippen molar-refractivity contribution < 1.29 is 0 Å². The normalized spacial score (nSPS) is 11.3. The van der Waals surface area contributed by atoms with Crippen molar-refractivity contribution in [1.82, 2.24) is 0 Å². The van der Waals surface area contributed by atoms with Gasteiger partial charge in [-0.05, 0) is 12.8 Å². The lowest BCUT2D eigenvalue weighted by atomic mass is 9.79. The number of rotatable bonds is 10. The molecule has 0 atom stereocenters. The highest BCUT2D eigenvalue weighted by molar-refractivity contribution is 5.05. The van der Waals surface area contributed by atoms with Gasteiger partial charge in [-0.1, -0.05) is 64.5 Å². The summed E-state index contributed by atoms with van der Waals surface area (Å²) in [6.45, 7) is 12.4. The second kappa shape index (κ2) is 8.76. The standard InChI is InChI=1S/C15H28/c1-5-9-10-11-12-14-15(7-3,8-4)13-6-2/h7-8H,3-6,9-14H2,1-2H3. The van der Waals surface area contributed by atoms with E-state index in [0.717, 1.165) is 0 Å². The molecule has 0 saturated carbocycles. The number of hydrogen-bond acceptors (Lipinski definition) is 0. The Morgan fingerprint density at radius 2 is 1.40 bits per heavy atom. The predicted octanol–water partition coefficient (Wildman–Crippen LogP) is 5.51. The summed E-state index contributed by atoms with van der Waals surface area (Å²) in [4.78, 5) is 0. The van der Waals surface area contributed by atoms with Crippen LogP contribution in [0, 0.1) is 5.41 Å². The van der Waals surface area contributed by atoms with Crippen LogP contribution in [0.25, 0.3) is 0 Å². The molecule has 0 fully saturated rings. The second-order valence-corrected chi connectivity index (χ2v) is 4.56. The lowest BCUT2D eigenvalue weighted by Crippen LogP contribution is -2.13. The average molecular weight is 208 g/mol. The SMILES string of the molecule is C=CC(C=C)(CCC)CCCCCCC. The van der Waals surface area contributed by atoms with E-state index in [-0.39, 0.29) is 5.41 Å². The van der Waals surface area contributed by atoms with Crippen LogP contribution < -0.4 is 0 Å². The highest BCUT2D eigenvalue weighted by atomic mass is 14.2. The molecule has 0 radical (unpaired) electrons. The third-order valence-electron chi connectivity index (χ3n) is 3.27. The van der Waals surface area contributed by atoms with Crippen LogP contribution in [0.15, 0.2) is 25.3 Å². The Morgan fingerprint density at radius 1 is 0.800 bits per heavy atom. The number of hydrogen-bond donors (Lipinski definition) is 0. The van der Waals surface area contributed by atoms with Crippen LogP contribution in [0.5, 0.6) is 0 Å². The molecule has 0 spiro atoms. The van der Waals surface area contributed by atoms with Gasteiger partial charge in [-0.2, -0.15) is 0 Å². The molecule has 0 aromatic carbocycles. The maximum absolute atomic E-state index is 3.97. The first-order valence-electron chi connectivity index (χ1n) is 6.52. The van der Waals surface area contributed by atoms with E-state index >= 15 is 0 Å². The number of unbranched alkanes of at least 4 members (excludes halogenated alkanes) is 4. The van der Waals surface area contributed by atoms with Gasteiger partial charge in [-0.25, -0.2) is 0 Å². The third kappa shape index (κ3) is 5.81. The molecule has 88 valence electrons. The van der Waals surface area contributed by atoms with Crippen LogP contribution >= 0.6 is 0 Å². The molecule has 0 aliphatic rings. The second-order valence-electron chi connectivity index (χ2n) is 4.56. The Morgan fingerprint density at radius 3 is 1.87 bits per heavy atom. The lowest BCUT2D eigenvalue weighted by molar-refractivity contribution is 0.388. The van der Waals surface area contributed by atoms with Crippen LogP contribution in [0.1, 0.15) is 65.2 Å². The molecule has 0 aliphatic carbocycles. The largest absolute Gasteiger partial charge is 0.102 e. The van der Waals surface area contributed by atoms with Gasteiger partial charge < -0.3 is 0 Å². The highest BCUT2D eigenvalue weighted by Crippen LogP contribution is 2.33. The van der Waals surface area contributed by atoms with Gasteiger partial charge in [0, 0.05) is 5.41 Å². The fraction of sp³-hybridized carbons (Fsp3) is 0.733. The molecule has 0 aromatic rings. The van der Waals surface area contributed by atoms with Crippen LogP contribution in [-0.4, -0.2) is 0 Å². The molecule has 0 unspecified atom stereocenters. The van der Waals surface area contributed by atoms with Gasteiger partial charge in [0.1, 0.15) is 0 Å². The summed E-state index contributed by atoms with van der Waals surface area (Å²) in [6.07, 6.45) is 14.6. The van der Waals surface area contributed by atoms with Gasteiger partial charge in [-0.3, -0.25) is 0 Å². The Hall–Kier alpha value is -0.520. The summed E-state index contributed by atoms with van der Waals surface area (Å²) in [5, 5.41) is 0. The summed E-state index contributed by atoms with van der Waals surface area (Å²) in [6, 6.07) is 0. The molecule has 0 nitrogen and oxygen atoms in total. The molecule has 0 heterocycles. The van der Waals surface area contributed by atoms with E-state index in [2.05, 4.69) is 39.2 Å². The van der Waals surface area contributed by atoms with E-state index in [9.17, 15) is 0 Å². The van der Waals surface area contributed by atoms with Gasteiger partial charge in [0.2, 0.25) is 0 Å². The molecule has 0 N–H and O–H groups in total. The van der Waals surface area contributed by atoms with Crippen molar-refractivity contribution in [1.29, 1.82) is 0 Å². The maximum atomic E-state index is 3.97. The fourth-order valence-electron chi connectivity index (χ4n) is 2.14. The Labute approximate surface area is 96.5 Å². The van der Waals surface area contributed by atoms with Crippen LogP contribution in [0.2, 0.25) is 0 Å². The van der Waals surface area contributed by atoms with Gasteiger partial charge in [-0.15, -0.1) is 13.2 Å². The predicted molar refractivity (Wildman–Crippen MR) is 71.1 cm³/mol. The monoisotopic (exact) mass is 208 g/mol. The zero-order valence-electron chi connectivity index (χ0n) is 10.7. The molecular weight excluding hydrogens is 180 g/mol. The van der Waals surface area contributed by atoms with Crippen molar-refractivity contribution in [3.63, 3.8) is 0 Å². The molecule has 0 saturated heterocycles. The maximum Gasteiger partial charge on any atom is 0.00555 e. The molecular formula is C15H28.